The van der Waals surface area contributed by atoms with Crippen molar-refractivity contribution in [3.63, 3.8) is 0 Å². The highest BCUT2D eigenvalue weighted by molar-refractivity contribution is 5.91. The fraction of sp³-hybridized carbons (Fsp3) is 0.538. The highest BCUT2D eigenvalue weighted by Crippen LogP contribution is 2.26. The van der Waals surface area contributed by atoms with Crippen LogP contribution in [0.15, 0.2) is 18.2 Å². The summed E-state index contributed by atoms with van der Waals surface area (Å²) in [5.74, 6) is 0.995. The van der Waals surface area contributed by atoms with E-state index in [-0.39, 0.29) is 0 Å². The first-order chi connectivity index (χ1) is 8.61. The van der Waals surface area contributed by atoms with Crippen molar-refractivity contribution in [1.82, 2.24) is 4.98 Å². The van der Waals surface area contributed by atoms with E-state index in [2.05, 4.69) is 16.8 Å². The van der Waals surface area contributed by atoms with Crippen molar-refractivity contribution in [2.75, 3.05) is 18.0 Å². The number of amides is 1. The summed E-state index contributed by atoms with van der Waals surface area (Å²) in [6, 6.07) is 5.65. The molecule has 2 atom stereocenters. The maximum atomic E-state index is 11.2. The van der Waals surface area contributed by atoms with Gasteiger partial charge in [0.05, 0.1) is 0 Å². The Morgan fingerprint density at radius 3 is 3.00 bits per heavy atom. The van der Waals surface area contributed by atoms with Crippen molar-refractivity contribution in [3.05, 3.63) is 23.9 Å². The zero-order valence-electron chi connectivity index (χ0n) is 10.7. The number of anilines is 1. The van der Waals surface area contributed by atoms with E-state index >= 15 is 0 Å². The number of primary amides is 1. The molecule has 1 aliphatic rings. The van der Waals surface area contributed by atoms with E-state index in [1.807, 2.05) is 12.1 Å². The van der Waals surface area contributed by atoms with Gasteiger partial charge in [-0.05, 0) is 30.9 Å². The molecule has 18 heavy (non-hydrogen) atoms. The molecule has 1 aromatic rings. The summed E-state index contributed by atoms with van der Waals surface area (Å²) < 4.78 is 0. The van der Waals surface area contributed by atoms with E-state index < -0.39 is 5.91 Å². The Morgan fingerprint density at radius 1 is 1.56 bits per heavy atom. The number of aromatic nitrogens is 1. The zero-order valence-corrected chi connectivity index (χ0v) is 10.7. The van der Waals surface area contributed by atoms with Crippen molar-refractivity contribution in [3.8, 4) is 0 Å². The maximum Gasteiger partial charge on any atom is 0.267 e. The second-order valence-corrected chi connectivity index (χ2v) is 4.96. The second-order valence-electron chi connectivity index (χ2n) is 4.96. The van der Waals surface area contributed by atoms with Gasteiger partial charge in [0.15, 0.2) is 0 Å². The summed E-state index contributed by atoms with van der Waals surface area (Å²) in [6.45, 7) is 3.78. The van der Waals surface area contributed by atoms with Gasteiger partial charge < -0.3 is 16.4 Å². The molecule has 1 aliphatic heterocycles. The Labute approximate surface area is 107 Å². The molecule has 0 aliphatic carbocycles. The van der Waals surface area contributed by atoms with Gasteiger partial charge in [-0.15, -0.1) is 0 Å². The Kier molecular flexibility index (Phi) is 3.81. The average molecular weight is 248 g/mol. The number of pyridine rings is 1. The molecule has 1 aromatic heterocycles. The van der Waals surface area contributed by atoms with Crippen molar-refractivity contribution < 1.29 is 4.79 Å². The number of piperidine rings is 1. The number of nitrogens with zero attached hydrogens (tertiary/aromatic N) is 2. The van der Waals surface area contributed by atoms with Crippen LogP contribution in [0.4, 0.5) is 5.82 Å². The molecule has 1 amide bonds. The third-order valence-corrected chi connectivity index (χ3v) is 3.53. The van der Waals surface area contributed by atoms with Gasteiger partial charge in [-0.1, -0.05) is 13.0 Å². The first kappa shape index (κ1) is 12.8. The first-order valence-electron chi connectivity index (χ1n) is 6.35. The van der Waals surface area contributed by atoms with Crippen LogP contribution in [0.5, 0.6) is 0 Å². The Hall–Kier alpha value is -1.62. The molecule has 0 radical (unpaired) electrons. The van der Waals surface area contributed by atoms with Crippen LogP contribution in [0.25, 0.3) is 0 Å². The molecular weight excluding hydrogens is 228 g/mol. The van der Waals surface area contributed by atoms with Gasteiger partial charge in [0.25, 0.3) is 5.91 Å². The molecule has 5 heteroatoms. The molecule has 0 bridgehead atoms. The monoisotopic (exact) mass is 248 g/mol. The standard InChI is InChI=1S/C13H20N4O/c1-9-5-6-17(10(7-9)8-14)12-4-2-3-11(16-12)13(15)18/h2-4,9-10H,5-8,14H2,1H3,(H2,15,18). The topological polar surface area (TPSA) is 85.2 Å². The van der Waals surface area contributed by atoms with E-state index in [4.69, 9.17) is 11.5 Å². The van der Waals surface area contributed by atoms with E-state index in [9.17, 15) is 4.79 Å². The normalized spacial score (nSPS) is 24.0. The van der Waals surface area contributed by atoms with Crippen LogP contribution in [0.2, 0.25) is 0 Å². The van der Waals surface area contributed by atoms with Crippen LogP contribution in [0.1, 0.15) is 30.3 Å². The van der Waals surface area contributed by atoms with Crippen LogP contribution < -0.4 is 16.4 Å². The number of hydrogen-bond acceptors (Lipinski definition) is 4. The highest BCUT2D eigenvalue weighted by atomic mass is 16.1. The smallest absolute Gasteiger partial charge is 0.267 e. The van der Waals surface area contributed by atoms with Gasteiger partial charge in [0.1, 0.15) is 11.5 Å². The molecule has 5 nitrogen and oxygen atoms in total. The first-order valence-corrected chi connectivity index (χ1v) is 6.35. The third kappa shape index (κ3) is 2.61. The van der Waals surface area contributed by atoms with Crippen molar-refractivity contribution >= 4 is 11.7 Å². The summed E-state index contributed by atoms with van der Waals surface area (Å²) in [4.78, 5) is 17.7. The maximum absolute atomic E-state index is 11.2. The molecule has 2 heterocycles. The molecule has 0 saturated carbocycles. The average Bonchev–Trinajstić information content (AvgIpc) is 2.38. The number of carbonyl (C=O) groups excluding carboxylic acids is 1. The van der Waals surface area contributed by atoms with E-state index in [1.54, 1.807) is 6.07 Å². The summed E-state index contributed by atoms with van der Waals surface area (Å²) >= 11 is 0. The fourth-order valence-electron chi connectivity index (χ4n) is 2.50. The largest absolute Gasteiger partial charge is 0.364 e. The van der Waals surface area contributed by atoms with Crippen molar-refractivity contribution in [2.45, 2.75) is 25.8 Å². The van der Waals surface area contributed by atoms with E-state index in [1.165, 1.54) is 0 Å². The number of rotatable bonds is 3. The third-order valence-electron chi connectivity index (χ3n) is 3.53. The number of carbonyl (C=O) groups is 1. The van der Waals surface area contributed by atoms with Crippen LogP contribution in [-0.4, -0.2) is 30.0 Å². The molecule has 0 spiro atoms. The van der Waals surface area contributed by atoms with Gasteiger partial charge in [0.2, 0.25) is 0 Å². The molecular formula is C13H20N4O. The lowest BCUT2D eigenvalue weighted by Crippen LogP contribution is -2.46. The summed E-state index contributed by atoms with van der Waals surface area (Å²) in [7, 11) is 0. The predicted molar refractivity (Wildman–Crippen MR) is 71.3 cm³/mol. The molecule has 2 rings (SSSR count). The SMILES string of the molecule is CC1CCN(c2cccc(C(N)=O)n2)C(CN)C1. The summed E-state index contributed by atoms with van der Waals surface area (Å²) in [6.07, 6.45) is 2.19. The van der Waals surface area contributed by atoms with Gasteiger partial charge in [-0.3, -0.25) is 4.79 Å². The molecule has 4 N–H and O–H groups in total. The Balaban J connectivity index is 2.24. The van der Waals surface area contributed by atoms with E-state index in [0.29, 0.717) is 24.2 Å². The summed E-state index contributed by atoms with van der Waals surface area (Å²) in [5.41, 5.74) is 11.4. The lowest BCUT2D eigenvalue weighted by atomic mass is 9.92. The minimum Gasteiger partial charge on any atom is -0.364 e. The number of hydrogen-bond donors (Lipinski definition) is 2. The Morgan fingerprint density at radius 2 is 2.33 bits per heavy atom. The van der Waals surface area contributed by atoms with Crippen LogP contribution in [0, 0.1) is 5.92 Å². The van der Waals surface area contributed by atoms with Gasteiger partial charge >= 0.3 is 0 Å². The minimum absolute atomic E-state index is 0.296. The van der Waals surface area contributed by atoms with Crippen LogP contribution >= 0.6 is 0 Å². The summed E-state index contributed by atoms with van der Waals surface area (Å²) in [5, 5.41) is 0. The molecule has 1 saturated heterocycles. The van der Waals surface area contributed by atoms with Crippen molar-refractivity contribution in [2.24, 2.45) is 17.4 Å². The molecule has 98 valence electrons. The second kappa shape index (κ2) is 5.35. The van der Waals surface area contributed by atoms with Gasteiger partial charge in [-0.25, -0.2) is 4.98 Å². The molecule has 2 unspecified atom stereocenters. The van der Waals surface area contributed by atoms with Crippen LogP contribution in [0.3, 0.4) is 0 Å². The number of nitrogens with two attached hydrogens (primary N) is 2. The lowest BCUT2D eigenvalue weighted by Gasteiger charge is -2.38. The lowest BCUT2D eigenvalue weighted by molar-refractivity contribution is 0.0995. The van der Waals surface area contributed by atoms with E-state index in [0.717, 1.165) is 25.2 Å². The van der Waals surface area contributed by atoms with Gasteiger partial charge in [0, 0.05) is 19.1 Å². The minimum atomic E-state index is -0.494. The zero-order chi connectivity index (χ0) is 13.1. The quantitative estimate of drug-likeness (QED) is 0.826. The predicted octanol–water partition coefficient (Wildman–Crippen LogP) is 0.744. The fourth-order valence-corrected chi connectivity index (χ4v) is 2.50. The molecule has 0 aromatic carbocycles. The van der Waals surface area contributed by atoms with Crippen molar-refractivity contribution in [1.29, 1.82) is 0 Å². The highest BCUT2D eigenvalue weighted by Gasteiger charge is 2.26. The van der Waals surface area contributed by atoms with Gasteiger partial charge in [-0.2, -0.15) is 0 Å². The molecule has 1 fully saturated rings. The Bertz CT molecular complexity index is 435. The van der Waals surface area contributed by atoms with Crippen LogP contribution in [-0.2, 0) is 0 Å².